The zero-order valence-electron chi connectivity index (χ0n) is 12.7. The van der Waals surface area contributed by atoms with Crippen LogP contribution in [0.5, 0.6) is 0 Å². The molecule has 0 heterocycles. The molecule has 22 heavy (non-hydrogen) atoms. The Bertz CT molecular complexity index is 508. The van der Waals surface area contributed by atoms with Crippen molar-refractivity contribution in [1.82, 2.24) is 5.32 Å². The second kappa shape index (κ2) is 10.8. The number of nitrogens with one attached hydrogen (secondary N) is 1. The molecule has 0 saturated carbocycles. The highest BCUT2D eigenvalue weighted by molar-refractivity contribution is 14.1. The summed E-state index contributed by atoms with van der Waals surface area (Å²) in [5.74, 6) is -0.232. The van der Waals surface area contributed by atoms with Gasteiger partial charge in [0.25, 0.3) is 5.91 Å². The van der Waals surface area contributed by atoms with Gasteiger partial charge in [0, 0.05) is 21.6 Å². The van der Waals surface area contributed by atoms with E-state index in [9.17, 15) is 9.59 Å². The van der Waals surface area contributed by atoms with Gasteiger partial charge in [0.05, 0.1) is 12.2 Å². The van der Waals surface area contributed by atoms with Crippen molar-refractivity contribution in [3.8, 4) is 0 Å². The SMILES string of the molecule is CCOC(=O)CCCCCCNC(=O)c1cc(Cl)ccc1I. The predicted molar refractivity (Wildman–Crippen MR) is 96.2 cm³/mol. The van der Waals surface area contributed by atoms with E-state index in [1.165, 1.54) is 0 Å². The summed E-state index contributed by atoms with van der Waals surface area (Å²) in [6, 6.07) is 5.27. The minimum Gasteiger partial charge on any atom is -0.466 e. The first-order chi connectivity index (χ1) is 10.5. The van der Waals surface area contributed by atoms with Crippen molar-refractivity contribution in [1.29, 1.82) is 0 Å². The summed E-state index contributed by atoms with van der Waals surface area (Å²) in [6.07, 6.45) is 4.14. The number of rotatable bonds is 9. The molecule has 0 bridgehead atoms. The molecule has 6 heteroatoms. The molecule has 4 nitrogen and oxygen atoms in total. The second-order valence-corrected chi connectivity index (χ2v) is 6.45. The van der Waals surface area contributed by atoms with Crippen LogP contribution in [-0.2, 0) is 9.53 Å². The van der Waals surface area contributed by atoms with Crippen LogP contribution in [0.25, 0.3) is 0 Å². The summed E-state index contributed by atoms with van der Waals surface area (Å²) in [6.45, 7) is 2.87. The molecule has 0 saturated heterocycles. The molecule has 122 valence electrons. The van der Waals surface area contributed by atoms with E-state index < -0.39 is 0 Å². The van der Waals surface area contributed by atoms with Gasteiger partial charge in [0.2, 0.25) is 0 Å². The Balaban J connectivity index is 2.15. The van der Waals surface area contributed by atoms with Crippen molar-refractivity contribution < 1.29 is 14.3 Å². The third-order valence-corrected chi connectivity index (χ3v) is 4.25. The smallest absolute Gasteiger partial charge is 0.305 e. The van der Waals surface area contributed by atoms with Crippen LogP contribution in [0.3, 0.4) is 0 Å². The quantitative estimate of drug-likeness (QED) is 0.358. The molecule has 1 aromatic rings. The largest absolute Gasteiger partial charge is 0.466 e. The summed E-state index contributed by atoms with van der Waals surface area (Å²) in [5, 5.41) is 3.45. The van der Waals surface area contributed by atoms with Crippen LogP contribution in [-0.4, -0.2) is 25.0 Å². The molecule has 0 aromatic heterocycles. The number of halogens is 2. The number of ether oxygens (including phenoxy) is 1. The summed E-state index contributed by atoms with van der Waals surface area (Å²) in [4.78, 5) is 23.2. The Kier molecular flexibility index (Phi) is 9.47. The summed E-state index contributed by atoms with van der Waals surface area (Å²) in [5.41, 5.74) is 0.607. The van der Waals surface area contributed by atoms with Crippen molar-refractivity contribution in [2.45, 2.75) is 39.0 Å². The van der Waals surface area contributed by atoms with Crippen molar-refractivity contribution in [2.24, 2.45) is 0 Å². The Morgan fingerprint density at radius 2 is 1.95 bits per heavy atom. The van der Waals surface area contributed by atoms with Crippen LogP contribution in [0.4, 0.5) is 0 Å². The number of benzene rings is 1. The number of carbonyl (C=O) groups excluding carboxylic acids is 2. The van der Waals surface area contributed by atoms with E-state index in [2.05, 4.69) is 27.9 Å². The van der Waals surface area contributed by atoms with E-state index in [0.717, 1.165) is 29.3 Å². The number of hydrogen-bond acceptors (Lipinski definition) is 3. The topological polar surface area (TPSA) is 55.4 Å². The first-order valence-electron chi connectivity index (χ1n) is 7.43. The maximum Gasteiger partial charge on any atom is 0.305 e. The molecule has 1 rings (SSSR count). The molecular formula is C16H21ClINO3. The number of amides is 1. The van der Waals surface area contributed by atoms with Crippen molar-refractivity contribution in [2.75, 3.05) is 13.2 Å². The van der Waals surface area contributed by atoms with Crippen LogP contribution in [0.15, 0.2) is 18.2 Å². The van der Waals surface area contributed by atoms with Crippen LogP contribution < -0.4 is 5.32 Å². The van der Waals surface area contributed by atoms with Crippen LogP contribution in [0.2, 0.25) is 5.02 Å². The van der Waals surface area contributed by atoms with Gasteiger partial charge in [-0.15, -0.1) is 0 Å². The fourth-order valence-electron chi connectivity index (χ4n) is 1.95. The average molecular weight is 438 g/mol. The minimum absolute atomic E-state index is 0.0987. The van der Waals surface area contributed by atoms with Crippen molar-refractivity contribution >= 4 is 46.1 Å². The normalized spacial score (nSPS) is 10.3. The lowest BCUT2D eigenvalue weighted by Gasteiger charge is -2.07. The van der Waals surface area contributed by atoms with Crippen LogP contribution in [0.1, 0.15) is 49.4 Å². The van der Waals surface area contributed by atoms with Crippen LogP contribution in [0, 0.1) is 3.57 Å². The minimum atomic E-state index is -0.133. The Morgan fingerprint density at radius 1 is 1.23 bits per heavy atom. The van der Waals surface area contributed by atoms with E-state index in [1.54, 1.807) is 12.1 Å². The highest BCUT2D eigenvalue weighted by Crippen LogP contribution is 2.17. The molecular weight excluding hydrogens is 417 g/mol. The molecule has 0 aliphatic carbocycles. The Morgan fingerprint density at radius 3 is 2.68 bits per heavy atom. The zero-order valence-corrected chi connectivity index (χ0v) is 15.6. The maximum absolute atomic E-state index is 12.0. The number of esters is 1. The molecule has 0 spiro atoms. The maximum atomic E-state index is 12.0. The first-order valence-corrected chi connectivity index (χ1v) is 8.89. The molecule has 0 aliphatic heterocycles. The van der Waals surface area contributed by atoms with Gasteiger partial charge in [0.1, 0.15) is 0 Å². The van der Waals surface area contributed by atoms with Gasteiger partial charge in [-0.1, -0.05) is 24.4 Å². The van der Waals surface area contributed by atoms with Gasteiger partial charge in [0.15, 0.2) is 0 Å². The lowest BCUT2D eigenvalue weighted by atomic mass is 10.1. The number of hydrogen-bond donors (Lipinski definition) is 1. The van der Waals surface area contributed by atoms with Crippen molar-refractivity contribution in [3.63, 3.8) is 0 Å². The molecule has 0 unspecified atom stereocenters. The molecule has 1 aromatic carbocycles. The fourth-order valence-corrected chi connectivity index (χ4v) is 2.70. The predicted octanol–water partition coefficient (Wildman–Crippen LogP) is 4.19. The summed E-state index contributed by atoms with van der Waals surface area (Å²) < 4.78 is 5.75. The van der Waals surface area contributed by atoms with Gasteiger partial charge in [-0.3, -0.25) is 9.59 Å². The van der Waals surface area contributed by atoms with Gasteiger partial charge in [-0.2, -0.15) is 0 Å². The van der Waals surface area contributed by atoms with E-state index in [0.29, 0.717) is 30.2 Å². The van der Waals surface area contributed by atoms with E-state index in [-0.39, 0.29) is 11.9 Å². The van der Waals surface area contributed by atoms with Gasteiger partial charge in [-0.05, 0) is 60.6 Å². The van der Waals surface area contributed by atoms with E-state index in [4.69, 9.17) is 16.3 Å². The molecule has 1 amide bonds. The lowest BCUT2D eigenvalue weighted by molar-refractivity contribution is -0.143. The summed E-state index contributed by atoms with van der Waals surface area (Å²) in [7, 11) is 0. The Labute approximate surface area is 150 Å². The van der Waals surface area contributed by atoms with E-state index in [1.807, 2.05) is 13.0 Å². The van der Waals surface area contributed by atoms with Crippen LogP contribution >= 0.6 is 34.2 Å². The van der Waals surface area contributed by atoms with Gasteiger partial charge >= 0.3 is 5.97 Å². The third-order valence-electron chi connectivity index (χ3n) is 3.07. The average Bonchev–Trinajstić information content (AvgIpc) is 2.48. The molecule has 0 atom stereocenters. The lowest BCUT2D eigenvalue weighted by Crippen LogP contribution is -2.25. The van der Waals surface area contributed by atoms with E-state index >= 15 is 0 Å². The van der Waals surface area contributed by atoms with Gasteiger partial charge < -0.3 is 10.1 Å². The third kappa shape index (κ3) is 7.45. The highest BCUT2D eigenvalue weighted by atomic mass is 127. The molecule has 1 N–H and O–H groups in total. The standard InChI is InChI=1S/C16H21ClINO3/c1-2-22-15(20)7-5-3-4-6-10-19-16(21)13-11-12(17)8-9-14(13)18/h8-9,11H,2-7,10H2,1H3,(H,19,21). The first kappa shape index (κ1) is 19.2. The highest BCUT2D eigenvalue weighted by Gasteiger charge is 2.09. The molecule has 0 aliphatic rings. The number of unbranched alkanes of at least 4 members (excludes halogenated alkanes) is 3. The summed E-state index contributed by atoms with van der Waals surface area (Å²) >= 11 is 8.03. The Hall–Kier alpha value is -0.820. The second-order valence-electron chi connectivity index (χ2n) is 4.85. The molecule has 0 fully saturated rings. The zero-order chi connectivity index (χ0) is 16.4. The van der Waals surface area contributed by atoms with Gasteiger partial charge in [-0.25, -0.2) is 0 Å². The monoisotopic (exact) mass is 437 g/mol. The fraction of sp³-hybridized carbons (Fsp3) is 0.500. The van der Waals surface area contributed by atoms with Crippen molar-refractivity contribution in [3.05, 3.63) is 32.4 Å². The molecule has 0 radical (unpaired) electrons. The number of carbonyl (C=O) groups is 2.